The third-order valence-electron chi connectivity index (χ3n) is 4.63. The van der Waals surface area contributed by atoms with Gasteiger partial charge in [0, 0.05) is 28.4 Å². The van der Waals surface area contributed by atoms with Crippen LogP contribution < -0.4 is 5.56 Å². The fourth-order valence-corrected chi connectivity index (χ4v) is 5.65. The predicted octanol–water partition coefficient (Wildman–Crippen LogP) is 5.71. The molecule has 0 spiro atoms. The van der Waals surface area contributed by atoms with Gasteiger partial charge in [-0.25, -0.2) is 4.98 Å². The molecule has 5 aromatic rings. The van der Waals surface area contributed by atoms with E-state index in [1.54, 1.807) is 22.0 Å². The standard InChI is InChI=1S/C22H16N4O2S3/c1-2-9-26-21(27)18-16(14-6-4-3-5-7-14)12-30-20(18)24-22(26)31-13-17-23-19(25-28-17)15-8-10-29-11-15/h2-8,10-12H,1,9,13H2. The molecule has 0 atom stereocenters. The summed E-state index contributed by atoms with van der Waals surface area (Å²) in [5, 5.41) is 11.2. The van der Waals surface area contributed by atoms with Crippen LogP contribution in [0.25, 0.3) is 32.7 Å². The van der Waals surface area contributed by atoms with Crippen LogP contribution in [0.15, 0.2) is 79.7 Å². The van der Waals surface area contributed by atoms with Crippen molar-refractivity contribution in [3.63, 3.8) is 0 Å². The van der Waals surface area contributed by atoms with Crippen molar-refractivity contribution in [3.8, 4) is 22.5 Å². The van der Waals surface area contributed by atoms with Crippen molar-refractivity contribution >= 4 is 44.7 Å². The molecule has 0 bridgehead atoms. The lowest BCUT2D eigenvalue weighted by Gasteiger charge is -2.10. The molecule has 9 heteroatoms. The summed E-state index contributed by atoms with van der Waals surface area (Å²) in [5.74, 6) is 1.47. The van der Waals surface area contributed by atoms with Crippen molar-refractivity contribution < 1.29 is 4.52 Å². The maximum absolute atomic E-state index is 13.4. The molecule has 154 valence electrons. The van der Waals surface area contributed by atoms with Crippen LogP contribution in [0.1, 0.15) is 5.89 Å². The second-order valence-electron chi connectivity index (χ2n) is 6.61. The van der Waals surface area contributed by atoms with Gasteiger partial charge in [-0.3, -0.25) is 9.36 Å². The lowest BCUT2D eigenvalue weighted by Crippen LogP contribution is -2.22. The molecule has 0 saturated heterocycles. The Balaban J connectivity index is 1.49. The SMILES string of the molecule is C=CCn1c(SCc2nc(-c3ccsc3)no2)nc2scc(-c3ccccc3)c2c1=O. The Kier molecular flexibility index (Phi) is 5.54. The number of benzene rings is 1. The summed E-state index contributed by atoms with van der Waals surface area (Å²) in [4.78, 5) is 23.3. The maximum Gasteiger partial charge on any atom is 0.263 e. The summed E-state index contributed by atoms with van der Waals surface area (Å²) in [6, 6.07) is 11.8. The van der Waals surface area contributed by atoms with Gasteiger partial charge in [-0.2, -0.15) is 16.3 Å². The third-order valence-corrected chi connectivity index (χ3v) is 7.14. The Morgan fingerprint density at radius 2 is 2.00 bits per heavy atom. The van der Waals surface area contributed by atoms with E-state index in [4.69, 9.17) is 9.51 Å². The number of hydrogen-bond donors (Lipinski definition) is 0. The Morgan fingerprint density at radius 1 is 1.13 bits per heavy atom. The quantitative estimate of drug-likeness (QED) is 0.174. The molecule has 4 aromatic heterocycles. The Bertz CT molecular complexity index is 1400. The molecule has 0 fully saturated rings. The summed E-state index contributed by atoms with van der Waals surface area (Å²) in [5.41, 5.74) is 2.77. The number of aromatic nitrogens is 4. The molecule has 5 rings (SSSR count). The number of fused-ring (bicyclic) bond motifs is 1. The summed E-state index contributed by atoms with van der Waals surface area (Å²) < 4.78 is 7.03. The summed E-state index contributed by atoms with van der Waals surface area (Å²) in [6.07, 6.45) is 1.70. The van der Waals surface area contributed by atoms with Crippen LogP contribution in [0, 0.1) is 0 Å². The highest BCUT2D eigenvalue weighted by atomic mass is 32.2. The van der Waals surface area contributed by atoms with Crippen LogP contribution in [0.5, 0.6) is 0 Å². The Morgan fingerprint density at radius 3 is 2.77 bits per heavy atom. The van der Waals surface area contributed by atoms with Crippen molar-refractivity contribution in [3.05, 3.63) is 81.4 Å². The van der Waals surface area contributed by atoms with Crippen molar-refractivity contribution in [2.45, 2.75) is 17.5 Å². The monoisotopic (exact) mass is 464 g/mol. The van der Waals surface area contributed by atoms with Gasteiger partial charge >= 0.3 is 0 Å². The van der Waals surface area contributed by atoms with E-state index in [1.807, 2.05) is 52.5 Å². The van der Waals surface area contributed by atoms with Crippen molar-refractivity contribution in [1.82, 2.24) is 19.7 Å². The zero-order chi connectivity index (χ0) is 21.2. The number of thiophene rings is 2. The number of hydrogen-bond acceptors (Lipinski definition) is 8. The van der Waals surface area contributed by atoms with E-state index in [2.05, 4.69) is 16.7 Å². The van der Waals surface area contributed by atoms with Gasteiger partial charge in [0.25, 0.3) is 5.56 Å². The van der Waals surface area contributed by atoms with Crippen molar-refractivity contribution in [2.75, 3.05) is 0 Å². The molecule has 0 saturated carbocycles. The minimum absolute atomic E-state index is 0.0722. The highest BCUT2D eigenvalue weighted by molar-refractivity contribution is 7.98. The van der Waals surface area contributed by atoms with Gasteiger partial charge in [0.05, 0.1) is 11.1 Å². The fraction of sp³-hybridized carbons (Fsp3) is 0.0909. The highest BCUT2D eigenvalue weighted by Gasteiger charge is 2.18. The van der Waals surface area contributed by atoms with E-state index in [0.29, 0.717) is 34.6 Å². The predicted molar refractivity (Wildman–Crippen MR) is 127 cm³/mol. The first-order valence-corrected chi connectivity index (χ1v) is 12.2. The molecule has 0 aliphatic carbocycles. The molecule has 0 amide bonds. The molecule has 4 heterocycles. The number of nitrogens with zero attached hydrogens (tertiary/aromatic N) is 4. The van der Waals surface area contributed by atoms with E-state index >= 15 is 0 Å². The largest absolute Gasteiger partial charge is 0.338 e. The minimum atomic E-state index is -0.0722. The number of allylic oxidation sites excluding steroid dienone is 1. The van der Waals surface area contributed by atoms with Gasteiger partial charge in [-0.15, -0.1) is 17.9 Å². The second-order valence-corrected chi connectivity index (χ2v) is 9.19. The van der Waals surface area contributed by atoms with Crippen LogP contribution in [-0.2, 0) is 12.3 Å². The van der Waals surface area contributed by atoms with Crippen LogP contribution in [-0.4, -0.2) is 19.7 Å². The van der Waals surface area contributed by atoms with Crippen LogP contribution in [0.4, 0.5) is 0 Å². The van der Waals surface area contributed by atoms with E-state index in [-0.39, 0.29) is 5.56 Å². The van der Waals surface area contributed by atoms with E-state index in [9.17, 15) is 4.79 Å². The molecule has 0 unspecified atom stereocenters. The van der Waals surface area contributed by atoms with Crippen LogP contribution in [0.2, 0.25) is 0 Å². The van der Waals surface area contributed by atoms with E-state index in [0.717, 1.165) is 21.5 Å². The molecular formula is C22H16N4O2S3. The average Bonchev–Trinajstić information content (AvgIpc) is 3.55. The van der Waals surface area contributed by atoms with Crippen molar-refractivity contribution in [2.24, 2.45) is 0 Å². The summed E-state index contributed by atoms with van der Waals surface area (Å²) in [6.45, 7) is 4.18. The first-order valence-electron chi connectivity index (χ1n) is 9.41. The average molecular weight is 465 g/mol. The van der Waals surface area contributed by atoms with Gasteiger partial charge < -0.3 is 4.52 Å². The first-order chi connectivity index (χ1) is 15.2. The van der Waals surface area contributed by atoms with Crippen LogP contribution in [0.3, 0.4) is 0 Å². The summed E-state index contributed by atoms with van der Waals surface area (Å²) >= 11 is 4.46. The lowest BCUT2D eigenvalue weighted by molar-refractivity contribution is 0.391. The zero-order valence-electron chi connectivity index (χ0n) is 16.2. The molecule has 0 radical (unpaired) electrons. The highest BCUT2D eigenvalue weighted by Crippen LogP contribution is 2.32. The molecule has 1 aromatic carbocycles. The van der Waals surface area contributed by atoms with Gasteiger partial charge in [-0.1, -0.05) is 53.3 Å². The summed E-state index contributed by atoms with van der Waals surface area (Å²) in [7, 11) is 0. The Labute approximate surface area is 189 Å². The lowest BCUT2D eigenvalue weighted by atomic mass is 10.1. The second kappa shape index (κ2) is 8.62. The minimum Gasteiger partial charge on any atom is -0.338 e. The van der Waals surface area contributed by atoms with E-state index < -0.39 is 0 Å². The molecule has 31 heavy (non-hydrogen) atoms. The number of thioether (sulfide) groups is 1. The Hall–Kier alpha value is -3.01. The van der Waals surface area contributed by atoms with E-state index in [1.165, 1.54) is 23.1 Å². The topological polar surface area (TPSA) is 73.8 Å². The van der Waals surface area contributed by atoms with Crippen LogP contribution >= 0.6 is 34.4 Å². The fourth-order valence-electron chi connectivity index (χ4n) is 3.18. The zero-order valence-corrected chi connectivity index (χ0v) is 18.7. The third kappa shape index (κ3) is 3.87. The van der Waals surface area contributed by atoms with Gasteiger partial charge in [0.15, 0.2) is 5.16 Å². The first kappa shape index (κ1) is 19.9. The van der Waals surface area contributed by atoms with Gasteiger partial charge in [0.2, 0.25) is 11.7 Å². The number of rotatable bonds is 7. The van der Waals surface area contributed by atoms with Gasteiger partial charge in [-0.05, 0) is 17.0 Å². The smallest absolute Gasteiger partial charge is 0.263 e. The molecule has 0 aliphatic rings. The molecule has 0 aliphatic heterocycles. The maximum atomic E-state index is 13.4. The molecular weight excluding hydrogens is 448 g/mol. The van der Waals surface area contributed by atoms with Gasteiger partial charge in [0.1, 0.15) is 4.83 Å². The molecule has 6 nitrogen and oxygen atoms in total. The van der Waals surface area contributed by atoms with Crippen molar-refractivity contribution in [1.29, 1.82) is 0 Å². The molecule has 0 N–H and O–H groups in total. The normalized spacial score (nSPS) is 11.2.